The molecule has 1 heteroatoms. The highest BCUT2D eigenvalue weighted by atomic mass is 15.0. The summed E-state index contributed by atoms with van der Waals surface area (Å²) in [5, 5.41) is 8.80. The van der Waals surface area contributed by atoms with E-state index in [0.717, 1.165) is 5.69 Å². The molecule has 1 nitrogen and oxygen atoms in total. The number of benzene rings is 10. The van der Waals surface area contributed by atoms with Crippen LogP contribution in [0.3, 0.4) is 0 Å². The van der Waals surface area contributed by atoms with Crippen molar-refractivity contribution < 1.29 is 0 Å². The molecule has 0 aliphatic carbocycles. The van der Waals surface area contributed by atoms with Crippen molar-refractivity contribution in [1.82, 2.24) is 4.57 Å². The molecule has 0 N–H and O–H groups in total. The summed E-state index contributed by atoms with van der Waals surface area (Å²) < 4.78 is 2.35. The summed E-state index contributed by atoms with van der Waals surface area (Å²) in [6, 6.07) is 79.7. The van der Waals surface area contributed by atoms with Gasteiger partial charge in [0.25, 0.3) is 0 Å². The highest BCUT2D eigenvalue weighted by molar-refractivity contribution is 6.02. The maximum atomic E-state index is 2.37. The zero-order chi connectivity index (χ0) is 37.7. The molecular formula is C56H37N. The fourth-order valence-corrected chi connectivity index (χ4v) is 8.66. The molecule has 0 fully saturated rings. The van der Waals surface area contributed by atoms with E-state index in [1.54, 1.807) is 0 Å². The van der Waals surface area contributed by atoms with Gasteiger partial charge in [-0.3, -0.25) is 0 Å². The Balaban J connectivity index is 1.00. The minimum Gasteiger partial charge on any atom is -0.316 e. The highest BCUT2D eigenvalue weighted by Gasteiger charge is 2.15. The predicted octanol–water partition coefficient (Wildman–Crippen LogP) is 15.4. The quantitative estimate of drug-likeness (QED) is 0.161. The van der Waals surface area contributed by atoms with E-state index in [2.05, 4.69) is 229 Å². The molecule has 0 bridgehead atoms. The molecule has 0 amide bonds. The Labute approximate surface area is 332 Å². The fourth-order valence-electron chi connectivity index (χ4n) is 8.66. The van der Waals surface area contributed by atoms with Crippen LogP contribution in [0.5, 0.6) is 0 Å². The van der Waals surface area contributed by atoms with Crippen LogP contribution in [0.1, 0.15) is 0 Å². The predicted molar refractivity (Wildman–Crippen MR) is 243 cm³/mol. The molecule has 1 aromatic heterocycles. The molecule has 0 radical (unpaired) electrons. The van der Waals surface area contributed by atoms with Gasteiger partial charge in [-0.05, 0) is 113 Å². The first-order chi connectivity index (χ1) is 28.2. The standard InChI is InChI=1S/C56H37N/c1-2-12-46-35-47(28-21-38(46)9-1)40-29-32-49(33-30-40)57-37-55(45-26-24-44(25-27-45)53-18-8-14-42-11-4-6-16-51(42)53)54-36-48(31-34-56(54)57)39-19-22-43(23-20-39)52-17-7-13-41-10-3-5-15-50(41)52/h1-37H. The van der Waals surface area contributed by atoms with Gasteiger partial charge in [0.1, 0.15) is 0 Å². The zero-order valence-corrected chi connectivity index (χ0v) is 31.3. The molecule has 0 aliphatic heterocycles. The molecule has 10 aromatic carbocycles. The van der Waals surface area contributed by atoms with Crippen LogP contribution < -0.4 is 0 Å². The lowest BCUT2D eigenvalue weighted by Crippen LogP contribution is -1.92. The molecule has 266 valence electrons. The average molecular weight is 724 g/mol. The molecular weight excluding hydrogens is 687 g/mol. The molecule has 0 saturated heterocycles. The van der Waals surface area contributed by atoms with Crippen molar-refractivity contribution in [1.29, 1.82) is 0 Å². The monoisotopic (exact) mass is 723 g/mol. The van der Waals surface area contributed by atoms with Crippen LogP contribution in [0.25, 0.3) is 105 Å². The van der Waals surface area contributed by atoms with E-state index < -0.39 is 0 Å². The van der Waals surface area contributed by atoms with E-state index in [1.165, 1.54) is 98.9 Å². The smallest absolute Gasteiger partial charge is 0.0535 e. The number of rotatable bonds is 6. The largest absolute Gasteiger partial charge is 0.316 e. The van der Waals surface area contributed by atoms with E-state index >= 15 is 0 Å². The van der Waals surface area contributed by atoms with E-state index in [9.17, 15) is 0 Å². The molecule has 0 spiro atoms. The van der Waals surface area contributed by atoms with Gasteiger partial charge < -0.3 is 4.57 Å². The van der Waals surface area contributed by atoms with Gasteiger partial charge in [-0.2, -0.15) is 0 Å². The summed E-state index contributed by atoms with van der Waals surface area (Å²) in [4.78, 5) is 0. The summed E-state index contributed by atoms with van der Waals surface area (Å²) in [6.07, 6.45) is 2.32. The third-order valence-corrected chi connectivity index (χ3v) is 11.6. The lowest BCUT2D eigenvalue weighted by molar-refractivity contribution is 1.13. The maximum Gasteiger partial charge on any atom is 0.0535 e. The van der Waals surface area contributed by atoms with Gasteiger partial charge in [-0.1, -0.05) is 188 Å². The van der Waals surface area contributed by atoms with Gasteiger partial charge in [0.15, 0.2) is 0 Å². The number of hydrogen-bond donors (Lipinski definition) is 0. The minimum atomic E-state index is 1.13. The first-order valence-electron chi connectivity index (χ1n) is 19.7. The van der Waals surface area contributed by atoms with Gasteiger partial charge in [0.05, 0.1) is 5.52 Å². The van der Waals surface area contributed by atoms with Gasteiger partial charge >= 0.3 is 0 Å². The topological polar surface area (TPSA) is 4.93 Å². The third-order valence-electron chi connectivity index (χ3n) is 11.6. The van der Waals surface area contributed by atoms with Gasteiger partial charge in [0.2, 0.25) is 0 Å². The molecule has 11 rings (SSSR count). The second-order valence-electron chi connectivity index (χ2n) is 15.0. The molecule has 0 saturated carbocycles. The lowest BCUT2D eigenvalue weighted by Gasteiger charge is -2.10. The Kier molecular flexibility index (Phi) is 7.89. The summed E-state index contributed by atoms with van der Waals surface area (Å²) in [7, 11) is 0. The number of aromatic nitrogens is 1. The summed E-state index contributed by atoms with van der Waals surface area (Å²) in [6.45, 7) is 0. The van der Waals surface area contributed by atoms with Crippen LogP contribution >= 0.6 is 0 Å². The molecule has 0 atom stereocenters. The fraction of sp³-hybridized carbons (Fsp3) is 0. The van der Waals surface area contributed by atoms with Gasteiger partial charge in [-0.15, -0.1) is 0 Å². The molecule has 11 aromatic rings. The summed E-state index contributed by atoms with van der Waals surface area (Å²) >= 11 is 0. The van der Waals surface area contributed by atoms with E-state index in [1.807, 2.05) is 0 Å². The van der Waals surface area contributed by atoms with Crippen LogP contribution in [0.4, 0.5) is 0 Å². The Morgan fingerprint density at radius 2 is 0.684 bits per heavy atom. The third kappa shape index (κ3) is 5.89. The SMILES string of the molecule is c1ccc2cc(-c3ccc(-n4cc(-c5ccc(-c6cccc7ccccc67)cc5)c5cc(-c6ccc(-c7cccc8ccccc78)cc6)ccc54)cc3)ccc2c1. The lowest BCUT2D eigenvalue weighted by atomic mass is 9.94. The van der Waals surface area contributed by atoms with Crippen molar-refractivity contribution in [3.05, 3.63) is 225 Å². The van der Waals surface area contributed by atoms with Crippen LogP contribution in [0.15, 0.2) is 225 Å². The maximum absolute atomic E-state index is 2.37. The Hall–Kier alpha value is -7.48. The van der Waals surface area contributed by atoms with Crippen LogP contribution in [0.2, 0.25) is 0 Å². The Morgan fingerprint density at radius 1 is 0.246 bits per heavy atom. The summed E-state index contributed by atoms with van der Waals surface area (Å²) in [5.74, 6) is 0. The van der Waals surface area contributed by atoms with Crippen molar-refractivity contribution in [2.75, 3.05) is 0 Å². The second kappa shape index (κ2) is 13.7. The molecule has 0 unspecified atom stereocenters. The van der Waals surface area contributed by atoms with Crippen LogP contribution in [-0.4, -0.2) is 4.57 Å². The van der Waals surface area contributed by atoms with Crippen LogP contribution in [-0.2, 0) is 0 Å². The Bertz CT molecular complexity index is 3250. The average Bonchev–Trinajstić information content (AvgIpc) is 3.67. The van der Waals surface area contributed by atoms with Gasteiger partial charge in [-0.25, -0.2) is 0 Å². The first-order valence-corrected chi connectivity index (χ1v) is 19.7. The van der Waals surface area contributed by atoms with Crippen molar-refractivity contribution in [2.24, 2.45) is 0 Å². The van der Waals surface area contributed by atoms with E-state index in [4.69, 9.17) is 0 Å². The number of nitrogens with zero attached hydrogens (tertiary/aromatic N) is 1. The zero-order valence-electron chi connectivity index (χ0n) is 31.3. The van der Waals surface area contributed by atoms with Crippen LogP contribution in [0, 0.1) is 0 Å². The first kappa shape index (κ1) is 32.9. The second-order valence-corrected chi connectivity index (χ2v) is 15.0. The van der Waals surface area contributed by atoms with Crippen molar-refractivity contribution in [2.45, 2.75) is 0 Å². The number of fused-ring (bicyclic) bond motifs is 4. The molecule has 0 aliphatic rings. The van der Waals surface area contributed by atoms with Crippen molar-refractivity contribution in [3.8, 4) is 61.3 Å². The summed E-state index contributed by atoms with van der Waals surface area (Å²) in [5.41, 5.74) is 14.5. The van der Waals surface area contributed by atoms with Crippen molar-refractivity contribution >= 4 is 43.2 Å². The van der Waals surface area contributed by atoms with E-state index in [0.29, 0.717) is 0 Å². The number of hydrogen-bond acceptors (Lipinski definition) is 0. The molecule has 57 heavy (non-hydrogen) atoms. The minimum absolute atomic E-state index is 1.13. The van der Waals surface area contributed by atoms with E-state index in [-0.39, 0.29) is 0 Å². The van der Waals surface area contributed by atoms with Crippen molar-refractivity contribution in [3.63, 3.8) is 0 Å². The van der Waals surface area contributed by atoms with Gasteiger partial charge in [0, 0.05) is 22.8 Å². The normalized spacial score (nSPS) is 11.5. The molecule has 1 heterocycles. The highest BCUT2D eigenvalue weighted by Crippen LogP contribution is 2.39. The Morgan fingerprint density at radius 3 is 1.30 bits per heavy atom.